The Labute approximate surface area is 143 Å². The zero-order valence-electron chi connectivity index (χ0n) is 14.8. The van der Waals surface area contributed by atoms with Crippen LogP contribution in [0, 0.1) is 0 Å². The number of pyridine rings is 1. The maximum absolute atomic E-state index is 12.6. The van der Waals surface area contributed by atoms with Crippen molar-refractivity contribution >= 4 is 5.91 Å². The van der Waals surface area contributed by atoms with Crippen LogP contribution in [0.1, 0.15) is 44.0 Å². The third kappa shape index (κ3) is 4.89. The molecule has 130 valence electrons. The van der Waals surface area contributed by atoms with E-state index in [1.807, 2.05) is 13.0 Å². The molecule has 2 aromatic rings. The SMILES string of the molecule is CCN(CC)CCC[C@@H](C)NC(=O)c1cccnc1-n1cccn1. The third-order valence-electron chi connectivity index (χ3n) is 4.14. The first-order valence-corrected chi connectivity index (χ1v) is 8.64. The zero-order chi connectivity index (χ0) is 17.4. The Hall–Kier alpha value is -2.21. The molecule has 0 saturated carbocycles. The van der Waals surface area contributed by atoms with Crippen molar-refractivity contribution in [2.24, 2.45) is 0 Å². The number of nitrogens with zero attached hydrogens (tertiary/aromatic N) is 4. The lowest BCUT2D eigenvalue weighted by Gasteiger charge is -2.20. The summed E-state index contributed by atoms with van der Waals surface area (Å²) < 4.78 is 1.61. The standard InChI is InChI=1S/C18H27N5O/c1-4-22(5-2)13-7-9-15(3)21-18(24)16-10-6-11-19-17(16)23-14-8-12-20-23/h6,8,10-12,14-15H,4-5,7,9,13H2,1-3H3,(H,21,24)/t15-/m1/s1. The van der Waals surface area contributed by atoms with E-state index in [0.29, 0.717) is 11.4 Å². The molecule has 0 aliphatic heterocycles. The topological polar surface area (TPSA) is 63.1 Å². The van der Waals surface area contributed by atoms with Gasteiger partial charge >= 0.3 is 0 Å². The first-order valence-electron chi connectivity index (χ1n) is 8.64. The lowest BCUT2D eigenvalue weighted by atomic mass is 10.1. The number of nitrogens with one attached hydrogen (secondary N) is 1. The molecule has 0 aliphatic carbocycles. The predicted molar refractivity (Wildman–Crippen MR) is 95.3 cm³/mol. The first-order chi connectivity index (χ1) is 11.7. The zero-order valence-corrected chi connectivity index (χ0v) is 14.8. The molecule has 0 bridgehead atoms. The van der Waals surface area contributed by atoms with Crippen LogP contribution in [-0.4, -0.2) is 51.2 Å². The summed E-state index contributed by atoms with van der Waals surface area (Å²) in [4.78, 5) is 19.3. The smallest absolute Gasteiger partial charge is 0.255 e. The Kier molecular flexibility index (Phi) is 6.93. The lowest BCUT2D eigenvalue weighted by Crippen LogP contribution is -2.34. The van der Waals surface area contributed by atoms with Crippen molar-refractivity contribution in [2.45, 2.75) is 39.7 Å². The largest absolute Gasteiger partial charge is 0.349 e. The van der Waals surface area contributed by atoms with Crippen molar-refractivity contribution < 1.29 is 4.79 Å². The molecular weight excluding hydrogens is 302 g/mol. The van der Waals surface area contributed by atoms with Crippen molar-refractivity contribution in [2.75, 3.05) is 19.6 Å². The molecule has 1 atom stereocenters. The Bertz CT molecular complexity index is 622. The molecule has 0 unspecified atom stereocenters. The van der Waals surface area contributed by atoms with Gasteiger partial charge in [-0.25, -0.2) is 9.67 Å². The van der Waals surface area contributed by atoms with Crippen molar-refractivity contribution in [1.29, 1.82) is 0 Å². The quantitative estimate of drug-likeness (QED) is 0.768. The average molecular weight is 329 g/mol. The van der Waals surface area contributed by atoms with Crippen LogP contribution in [0.2, 0.25) is 0 Å². The number of amides is 1. The number of hydrogen-bond acceptors (Lipinski definition) is 4. The van der Waals surface area contributed by atoms with Crippen LogP contribution in [0.15, 0.2) is 36.8 Å². The minimum absolute atomic E-state index is 0.107. The molecule has 2 heterocycles. The van der Waals surface area contributed by atoms with Crippen LogP contribution < -0.4 is 5.32 Å². The first kappa shape index (κ1) is 18.1. The third-order valence-corrected chi connectivity index (χ3v) is 4.14. The summed E-state index contributed by atoms with van der Waals surface area (Å²) in [6.45, 7) is 9.60. The highest BCUT2D eigenvalue weighted by molar-refractivity contribution is 5.97. The molecule has 0 fully saturated rings. The van der Waals surface area contributed by atoms with Gasteiger partial charge < -0.3 is 10.2 Å². The highest BCUT2D eigenvalue weighted by Gasteiger charge is 2.16. The fraction of sp³-hybridized carbons (Fsp3) is 0.500. The van der Waals surface area contributed by atoms with Gasteiger partial charge in [0.05, 0.1) is 5.56 Å². The van der Waals surface area contributed by atoms with E-state index in [1.165, 1.54) is 0 Å². The van der Waals surface area contributed by atoms with Crippen LogP contribution in [-0.2, 0) is 0 Å². The van der Waals surface area contributed by atoms with Gasteiger partial charge in [-0.05, 0) is 57.6 Å². The summed E-state index contributed by atoms with van der Waals surface area (Å²) in [5.74, 6) is 0.444. The van der Waals surface area contributed by atoms with Gasteiger partial charge in [-0.15, -0.1) is 0 Å². The van der Waals surface area contributed by atoms with Gasteiger partial charge in [0, 0.05) is 24.6 Å². The summed E-state index contributed by atoms with van der Waals surface area (Å²) in [7, 11) is 0. The Morgan fingerprint density at radius 1 is 1.29 bits per heavy atom. The van der Waals surface area contributed by atoms with Crippen molar-refractivity contribution in [1.82, 2.24) is 25.0 Å². The minimum atomic E-state index is -0.107. The van der Waals surface area contributed by atoms with E-state index >= 15 is 0 Å². The molecular formula is C18H27N5O. The molecule has 0 aromatic carbocycles. The van der Waals surface area contributed by atoms with Crippen LogP contribution in [0.4, 0.5) is 0 Å². The predicted octanol–water partition coefficient (Wildman–Crippen LogP) is 2.51. The fourth-order valence-electron chi connectivity index (χ4n) is 2.69. The van der Waals surface area contributed by atoms with Crippen LogP contribution >= 0.6 is 0 Å². The highest BCUT2D eigenvalue weighted by Crippen LogP contribution is 2.11. The van der Waals surface area contributed by atoms with E-state index < -0.39 is 0 Å². The van der Waals surface area contributed by atoms with Crippen LogP contribution in [0.3, 0.4) is 0 Å². The van der Waals surface area contributed by atoms with E-state index in [1.54, 1.807) is 35.4 Å². The average Bonchev–Trinajstić information content (AvgIpc) is 3.13. The molecule has 1 N–H and O–H groups in total. The molecule has 6 heteroatoms. The van der Waals surface area contributed by atoms with Crippen molar-refractivity contribution in [3.05, 3.63) is 42.4 Å². The molecule has 0 aliphatic rings. The molecule has 2 aromatic heterocycles. The van der Waals surface area contributed by atoms with Crippen LogP contribution in [0.25, 0.3) is 5.82 Å². The summed E-state index contributed by atoms with van der Waals surface area (Å²) >= 11 is 0. The highest BCUT2D eigenvalue weighted by atomic mass is 16.1. The maximum atomic E-state index is 12.6. The van der Waals surface area contributed by atoms with Gasteiger partial charge in [-0.2, -0.15) is 5.10 Å². The van der Waals surface area contributed by atoms with Gasteiger partial charge in [0.15, 0.2) is 5.82 Å². The van der Waals surface area contributed by atoms with Crippen LogP contribution in [0.5, 0.6) is 0 Å². The second-order valence-electron chi connectivity index (χ2n) is 5.87. The molecule has 0 saturated heterocycles. The number of carbonyl (C=O) groups excluding carboxylic acids is 1. The summed E-state index contributed by atoms with van der Waals surface area (Å²) in [5, 5.41) is 7.23. The van der Waals surface area contributed by atoms with Gasteiger partial charge in [0.1, 0.15) is 0 Å². The summed E-state index contributed by atoms with van der Waals surface area (Å²) in [6.07, 6.45) is 7.15. The lowest BCUT2D eigenvalue weighted by molar-refractivity contribution is 0.0936. The van der Waals surface area contributed by atoms with Crippen molar-refractivity contribution in [3.63, 3.8) is 0 Å². The Balaban J connectivity index is 1.93. The van der Waals surface area contributed by atoms with E-state index in [9.17, 15) is 4.79 Å². The molecule has 0 radical (unpaired) electrons. The number of carbonyl (C=O) groups is 1. The van der Waals surface area contributed by atoms with Crippen molar-refractivity contribution in [3.8, 4) is 5.82 Å². The molecule has 0 spiro atoms. The Morgan fingerprint density at radius 3 is 2.75 bits per heavy atom. The van der Waals surface area contributed by atoms with Gasteiger partial charge in [-0.3, -0.25) is 4.79 Å². The van der Waals surface area contributed by atoms with E-state index in [2.05, 4.69) is 34.1 Å². The van der Waals surface area contributed by atoms with Gasteiger partial charge in [0.25, 0.3) is 5.91 Å². The number of aromatic nitrogens is 3. The van der Waals surface area contributed by atoms with E-state index in [4.69, 9.17) is 0 Å². The van der Waals surface area contributed by atoms with E-state index in [0.717, 1.165) is 32.5 Å². The number of hydrogen-bond donors (Lipinski definition) is 1. The molecule has 2 rings (SSSR count). The molecule has 24 heavy (non-hydrogen) atoms. The second-order valence-corrected chi connectivity index (χ2v) is 5.87. The summed E-state index contributed by atoms with van der Waals surface area (Å²) in [6, 6.07) is 5.49. The van der Waals surface area contributed by atoms with E-state index in [-0.39, 0.29) is 11.9 Å². The van der Waals surface area contributed by atoms with Gasteiger partial charge in [0.2, 0.25) is 0 Å². The van der Waals surface area contributed by atoms with Gasteiger partial charge in [-0.1, -0.05) is 13.8 Å². The normalized spacial score (nSPS) is 12.3. The Morgan fingerprint density at radius 2 is 2.08 bits per heavy atom. The second kappa shape index (κ2) is 9.17. The monoisotopic (exact) mass is 329 g/mol. The molecule has 6 nitrogen and oxygen atoms in total. The summed E-state index contributed by atoms with van der Waals surface area (Å²) in [5.41, 5.74) is 0.539. The minimum Gasteiger partial charge on any atom is -0.349 e. The number of rotatable bonds is 9. The molecule has 1 amide bonds. The fourth-order valence-corrected chi connectivity index (χ4v) is 2.69. The maximum Gasteiger partial charge on any atom is 0.255 e.